The van der Waals surface area contributed by atoms with E-state index in [9.17, 15) is 4.79 Å². The van der Waals surface area contributed by atoms with Crippen LogP contribution in [0.1, 0.15) is 42.1 Å². The van der Waals surface area contributed by atoms with Gasteiger partial charge < -0.3 is 11.1 Å². The van der Waals surface area contributed by atoms with E-state index >= 15 is 0 Å². The zero-order chi connectivity index (χ0) is 13.7. The fraction of sp³-hybridized carbons (Fsp3) is 0.562. The monoisotopic (exact) mass is 260 g/mol. The van der Waals surface area contributed by atoms with E-state index in [0.717, 1.165) is 30.0 Å². The van der Waals surface area contributed by atoms with E-state index in [1.54, 1.807) is 0 Å². The van der Waals surface area contributed by atoms with Gasteiger partial charge in [0.25, 0.3) is 5.91 Å². The lowest BCUT2D eigenvalue weighted by atomic mass is 9.98. The van der Waals surface area contributed by atoms with E-state index in [4.69, 9.17) is 5.73 Å². The highest BCUT2D eigenvalue weighted by Crippen LogP contribution is 2.30. The Hall–Kier alpha value is -1.35. The third-order valence-corrected chi connectivity index (χ3v) is 4.19. The quantitative estimate of drug-likeness (QED) is 0.854. The van der Waals surface area contributed by atoms with Crippen LogP contribution in [0.25, 0.3) is 0 Å². The Bertz CT molecular complexity index is 431. The van der Waals surface area contributed by atoms with Crippen molar-refractivity contribution in [1.29, 1.82) is 0 Å². The summed E-state index contributed by atoms with van der Waals surface area (Å²) >= 11 is 0. The second-order valence-electron chi connectivity index (χ2n) is 5.62. The number of carbonyl (C=O) groups is 1. The average molecular weight is 260 g/mol. The molecule has 0 spiro atoms. The van der Waals surface area contributed by atoms with Crippen LogP contribution in [0.5, 0.6) is 0 Å². The topological polar surface area (TPSA) is 55.1 Å². The molecular weight excluding hydrogens is 236 g/mol. The van der Waals surface area contributed by atoms with E-state index in [2.05, 4.69) is 12.2 Å². The number of nitrogens with two attached hydrogens (primary N) is 1. The molecule has 3 N–H and O–H groups in total. The number of hydrogen-bond acceptors (Lipinski definition) is 2. The molecule has 0 radical (unpaired) electrons. The van der Waals surface area contributed by atoms with Crippen LogP contribution in [0, 0.1) is 11.8 Å². The van der Waals surface area contributed by atoms with Gasteiger partial charge in [0.15, 0.2) is 0 Å². The minimum atomic E-state index is 0.0398. The Labute approximate surface area is 115 Å². The van der Waals surface area contributed by atoms with Crippen LogP contribution in [0.15, 0.2) is 24.3 Å². The smallest absolute Gasteiger partial charge is 0.251 e. The molecule has 19 heavy (non-hydrogen) atoms. The molecule has 3 heteroatoms. The summed E-state index contributed by atoms with van der Waals surface area (Å²) in [5, 5.41) is 3.07. The molecule has 0 heterocycles. The highest BCUT2D eigenvalue weighted by atomic mass is 16.1. The minimum absolute atomic E-state index is 0.0398. The molecule has 1 fully saturated rings. The van der Waals surface area contributed by atoms with Gasteiger partial charge in [-0.25, -0.2) is 0 Å². The summed E-state index contributed by atoms with van der Waals surface area (Å²) in [4.78, 5) is 12.1. The lowest BCUT2D eigenvalue weighted by Crippen LogP contribution is -2.30. The molecule has 1 amide bonds. The first-order valence-corrected chi connectivity index (χ1v) is 7.28. The Morgan fingerprint density at radius 2 is 2.26 bits per heavy atom. The van der Waals surface area contributed by atoms with E-state index in [1.807, 2.05) is 24.3 Å². The Kier molecular flexibility index (Phi) is 4.97. The van der Waals surface area contributed by atoms with E-state index < -0.39 is 0 Å². The second kappa shape index (κ2) is 6.71. The summed E-state index contributed by atoms with van der Waals surface area (Å²) in [7, 11) is 0. The Morgan fingerprint density at radius 1 is 1.42 bits per heavy atom. The SMILES string of the molecule is CC1CCCC1CNC(=O)c1cccc(CCN)c1. The van der Waals surface area contributed by atoms with Gasteiger partial charge in [0.1, 0.15) is 0 Å². The predicted octanol–water partition coefficient (Wildman–Crippen LogP) is 2.35. The van der Waals surface area contributed by atoms with Gasteiger partial charge in [-0.05, 0) is 48.9 Å². The van der Waals surface area contributed by atoms with Gasteiger partial charge >= 0.3 is 0 Å². The van der Waals surface area contributed by atoms with Gasteiger partial charge in [-0.1, -0.05) is 31.9 Å². The maximum Gasteiger partial charge on any atom is 0.251 e. The molecule has 2 unspecified atom stereocenters. The van der Waals surface area contributed by atoms with Crippen molar-refractivity contribution in [1.82, 2.24) is 5.32 Å². The maximum atomic E-state index is 12.1. The first kappa shape index (κ1) is 14.1. The number of hydrogen-bond donors (Lipinski definition) is 2. The van der Waals surface area contributed by atoms with Gasteiger partial charge in [-0.3, -0.25) is 4.79 Å². The third-order valence-electron chi connectivity index (χ3n) is 4.19. The number of carbonyl (C=O) groups excluding carboxylic acids is 1. The summed E-state index contributed by atoms with van der Waals surface area (Å²) in [6.07, 6.45) is 4.66. The number of rotatable bonds is 5. The largest absolute Gasteiger partial charge is 0.352 e. The standard InChI is InChI=1S/C16H24N2O/c1-12-4-2-7-15(12)11-18-16(19)14-6-3-5-13(10-14)8-9-17/h3,5-6,10,12,15H,2,4,7-9,11,17H2,1H3,(H,18,19). The highest BCUT2D eigenvalue weighted by molar-refractivity contribution is 5.94. The van der Waals surface area contributed by atoms with Crippen LogP contribution in [-0.4, -0.2) is 19.0 Å². The lowest BCUT2D eigenvalue weighted by Gasteiger charge is -2.16. The van der Waals surface area contributed by atoms with Crippen LogP contribution >= 0.6 is 0 Å². The van der Waals surface area contributed by atoms with E-state index in [1.165, 1.54) is 19.3 Å². The molecule has 0 aliphatic heterocycles. The Balaban J connectivity index is 1.90. The molecule has 1 aromatic rings. The Morgan fingerprint density at radius 3 is 2.95 bits per heavy atom. The van der Waals surface area contributed by atoms with Crippen molar-refractivity contribution in [2.24, 2.45) is 17.6 Å². The second-order valence-corrected chi connectivity index (χ2v) is 5.62. The third kappa shape index (κ3) is 3.80. The number of benzene rings is 1. The average Bonchev–Trinajstić information content (AvgIpc) is 2.82. The highest BCUT2D eigenvalue weighted by Gasteiger charge is 2.23. The summed E-state index contributed by atoms with van der Waals surface area (Å²) < 4.78 is 0. The minimum Gasteiger partial charge on any atom is -0.352 e. The van der Waals surface area contributed by atoms with Gasteiger partial charge in [0.2, 0.25) is 0 Å². The molecule has 0 saturated heterocycles. The molecule has 2 rings (SSSR count). The lowest BCUT2D eigenvalue weighted by molar-refractivity contribution is 0.0944. The zero-order valence-corrected chi connectivity index (χ0v) is 11.7. The molecule has 1 aliphatic rings. The van der Waals surface area contributed by atoms with Crippen molar-refractivity contribution >= 4 is 5.91 Å². The number of amides is 1. The molecule has 104 valence electrons. The summed E-state index contributed by atoms with van der Waals surface area (Å²) in [5.41, 5.74) is 7.42. The maximum absolute atomic E-state index is 12.1. The van der Waals surface area contributed by atoms with Crippen molar-refractivity contribution in [3.05, 3.63) is 35.4 Å². The van der Waals surface area contributed by atoms with Crippen molar-refractivity contribution in [2.75, 3.05) is 13.1 Å². The van der Waals surface area contributed by atoms with Crippen LogP contribution in [0.3, 0.4) is 0 Å². The van der Waals surface area contributed by atoms with E-state index in [-0.39, 0.29) is 5.91 Å². The first-order chi connectivity index (χ1) is 9.20. The van der Waals surface area contributed by atoms with Gasteiger partial charge in [0, 0.05) is 12.1 Å². The van der Waals surface area contributed by atoms with Crippen molar-refractivity contribution in [3.63, 3.8) is 0 Å². The summed E-state index contributed by atoms with van der Waals surface area (Å²) in [5.74, 6) is 1.43. The van der Waals surface area contributed by atoms with E-state index in [0.29, 0.717) is 12.5 Å². The molecule has 3 nitrogen and oxygen atoms in total. The summed E-state index contributed by atoms with van der Waals surface area (Å²) in [6, 6.07) is 7.76. The molecule has 0 aromatic heterocycles. The zero-order valence-electron chi connectivity index (χ0n) is 11.7. The van der Waals surface area contributed by atoms with Crippen LogP contribution < -0.4 is 11.1 Å². The fourth-order valence-corrected chi connectivity index (χ4v) is 2.89. The van der Waals surface area contributed by atoms with Crippen LogP contribution in [0.2, 0.25) is 0 Å². The van der Waals surface area contributed by atoms with Gasteiger partial charge in [-0.15, -0.1) is 0 Å². The molecule has 1 aliphatic carbocycles. The first-order valence-electron chi connectivity index (χ1n) is 7.28. The van der Waals surface area contributed by atoms with Crippen molar-refractivity contribution in [3.8, 4) is 0 Å². The van der Waals surface area contributed by atoms with Crippen LogP contribution in [-0.2, 0) is 6.42 Å². The van der Waals surface area contributed by atoms with Gasteiger partial charge in [-0.2, -0.15) is 0 Å². The molecule has 2 atom stereocenters. The van der Waals surface area contributed by atoms with Crippen molar-refractivity contribution < 1.29 is 4.79 Å². The molecular formula is C16H24N2O. The van der Waals surface area contributed by atoms with Gasteiger partial charge in [0.05, 0.1) is 0 Å². The van der Waals surface area contributed by atoms with Crippen LogP contribution in [0.4, 0.5) is 0 Å². The number of nitrogens with one attached hydrogen (secondary N) is 1. The summed E-state index contributed by atoms with van der Waals surface area (Å²) in [6.45, 7) is 3.71. The van der Waals surface area contributed by atoms with Crippen molar-refractivity contribution in [2.45, 2.75) is 32.6 Å². The molecule has 1 aromatic carbocycles. The normalized spacial score (nSPS) is 22.4. The molecule has 1 saturated carbocycles. The molecule has 0 bridgehead atoms. The predicted molar refractivity (Wildman–Crippen MR) is 78.0 cm³/mol. The fourth-order valence-electron chi connectivity index (χ4n) is 2.89.